The van der Waals surface area contributed by atoms with Crippen LogP contribution in [0.1, 0.15) is 32.6 Å². The quantitative estimate of drug-likeness (QED) is 0.574. The second kappa shape index (κ2) is 11.6. The Balaban J connectivity index is 1.43. The molecular weight excluding hydrogens is 414 g/mol. The number of pyridine rings is 1. The Bertz CT molecular complexity index is 839. The number of hydrogen-bond donors (Lipinski definition) is 3. The number of rotatable bonds is 8. The van der Waals surface area contributed by atoms with Crippen molar-refractivity contribution in [3.8, 4) is 0 Å². The van der Waals surface area contributed by atoms with E-state index in [1.54, 1.807) is 24.3 Å². The van der Waals surface area contributed by atoms with Gasteiger partial charge in [-0.1, -0.05) is 24.9 Å². The Kier molecular flexibility index (Phi) is 8.53. The summed E-state index contributed by atoms with van der Waals surface area (Å²) >= 11 is 5.87. The van der Waals surface area contributed by atoms with Crippen LogP contribution in [0.3, 0.4) is 0 Å². The lowest BCUT2D eigenvalue weighted by Crippen LogP contribution is -2.49. The van der Waals surface area contributed by atoms with Gasteiger partial charge in [0.2, 0.25) is 5.91 Å². The van der Waals surface area contributed by atoms with E-state index in [0.29, 0.717) is 29.6 Å². The Morgan fingerprint density at radius 2 is 1.81 bits per heavy atom. The third-order valence-corrected chi connectivity index (χ3v) is 5.76. The molecule has 0 spiro atoms. The summed E-state index contributed by atoms with van der Waals surface area (Å²) in [7, 11) is 0. The van der Waals surface area contributed by atoms with Gasteiger partial charge in [-0.3, -0.25) is 9.78 Å². The third-order valence-electron chi connectivity index (χ3n) is 5.51. The van der Waals surface area contributed by atoms with Crippen LogP contribution in [0.4, 0.5) is 16.2 Å². The van der Waals surface area contributed by atoms with Gasteiger partial charge in [-0.15, -0.1) is 0 Å². The smallest absolute Gasteiger partial charge is 0.319 e. The van der Waals surface area contributed by atoms with Crippen LogP contribution in [0.2, 0.25) is 5.02 Å². The maximum atomic E-state index is 12.7. The Hall–Kier alpha value is -2.80. The molecule has 0 aliphatic carbocycles. The standard InChI is InChI=1S/C23H30ClN5O2/c1-2-3-21(28-23(31)27-19-6-4-18(24)5-7-19)22(30)26-16-17-10-14-29(15-11-17)20-8-12-25-13-9-20/h4-9,12-13,17,21H,2-3,10-11,14-16H2,1H3,(H,26,30)(H2,27,28,31). The van der Waals surface area contributed by atoms with E-state index < -0.39 is 12.1 Å². The maximum absolute atomic E-state index is 12.7. The normalized spacial score (nSPS) is 15.2. The minimum atomic E-state index is -0.561. The van der Waals surface area contributed by atoms with Gasteiger partial charge in [0.15, 0.2) is 0 Å². The molecule has 1 unspecified atom stereocenters. The van der Waals surface area contributed by atoms with Crippen LogP contribution in [0.5, 0.6) is 0 Å². The van der Waals surface area contributed by atoms with E-state index in [-0.39, 0.29) is 5.91 Å². The fourth-order valence-corrected chi connectivity index (χ4v) is 3.86. The molecule has 0 saturated carbocycles. The van der Waals surface area contributed by atoms with Crippen LogP contribution in [0, 0.1) is 5.92 Å². The molecular formula is C23H30ClN5O2. The van der Waals surface area contributed by atoms with Crippen LogP contribution in [-0.4, -0.2) is 42.6 Å². The molecule has 1 aliphatic heterocycles. The summed E-state index contributed by atoms with van der Waals surface area (Å²) in [6, 6.07) is 9.93. The van der Waals surface area contributed by atoms with E-state index >= 15 is 0 Å². The lowest BCUT2D eigenvalue weighted by molar-refractivity contribution is -0.123. The highest BCUT2D eigenvalue weighted by Crippen LogP contribution is 2.22. The Morgan fingerprint density at radius 3 is 2.45 bits per heavy atom. The van der Waals surface area contributed by atoms with Crippen LogP contribution in [0.25, 0.3) is 0 Å². The summed E-state index contributed by atoms with van der Waals surface area (Å²) in [5.41, 5.74) is 1.81. The van der Waals surface area contributed by atoms with Crippen LogP contribution in [0.15, 0.2) is 48.8 Å². The molecule has 1 saturated heterocycles. The van der Waals surface area contributed by atoms with Crippen molar-refractivity contribution in [3.05, 3.63) is 53.8 Å². The number of benzene rings is 1. The number of halogens is 1. The number of nitrogens with zero attached hydrogens (tertiary/aromatic N) is 2. The summed E-state index contributed by atoms with van der Waals surface area (Å²) in [5, 5.41) is 9.17. The largest absolute Gasteiger partial charge is 0.371 e. The summed E-state index contributed by atoms with van der Waals surface area (Å²) < 4.78 is 0. The number of carbonyl (C=O) groups is 2. The molecule has 1 atom stereocenters. The summed E-state index contributed by atoms with van der Waals surface area (Å²) in [6.45, 7) is 4.55. The molecule has 3 amide bonds. The molecule has 1 aromatic carbocycles. The molecule has 3 N–H and O–H groups in total. The molecule has 1 aliphatic rings. The molecule has 0 bridgehead atoms. The third kappa shape index (κ3) is 7.14. The van der Waals surface area contributed by atoms with Gasteiger partial charge in [-0.05, 0) is 61.6 Å². The molecule has 166 valence electrons. The lowest BCUT2D eigenvalue weighted by atomic mass is 9.96. The van der Waals surface area contributed by atoms with E-state index in [1.165, 1.54) is 5.69 Å². The number of anilines is 2. The molecule has 31 heavy (non-hydrogen) atoms. The first-order chi connectivity index (χ1) is 15.0. The summed E-state index contributed by atoms with van der Waals surface area (Å²) in [6.07, 6.45) is 7.04. The van der Waals surface area contributed by atoms with Gasteiger partial charge in [0.25, 0.3) is 0 Å². The fraction of sp³-hybridized carbons (Fsp3) is 0.435. The second-order valence-electron chi connectivity index (χ2n) is 7.83. The molecule has 1 fully saturated rings. The van der Waals surface area contributed by atoms with Gasteiger partial charge in [0.1, 0.15) is 6.04 Å². The summed E-state index contributed by atoms with van der Waals surface area (Å²) in [5.74, 6) is 0.303. The highest BCUT2D eigenvalue weighted by molar-refractivity contribution is 6.30. The van der Waals surface area contributed by atoms with E-state index in [0.717, 1.165) is 32.4 Å². The van der Waals surface area contributed by atoms with E-state index in [2.05, 4.69) is 25.8 Å². The number of carbonyl (C=O) groups excluding carboxylic acids is 2. The Morgan fingerprint density at radius 1 is 1.13 bits per heavy atom. The van der Waals surface area contributed by atoms with Crippen molar-refractivity contribution in [1.82, 2.24) is 15.6 Å². The number of nitrogens with one attached hydrogen (secondary N) is 3. The van der Waals surface area contributed by atoms with E-state index in [4.69, 9.17) is 11.6 Å². The topological polar surface area (TPSA) is 86.4 Å². The first kappa shape index (κ1) is 22.9. The highest BCUT2D eigenvalue weighted by atomic mass is 35.5. The zero-order chi connectivity index (χ0) is 22.1. The Labute approximate surface area is 188 Å². The number of aromatic nitrogens is 1. The lowest BCUT2D eigenvalue weighted by Gasteiger charge is -2.33. The van der Waals surface area contributed by atoms with Gasteiger partial charge in [0.05, 0.1) is 0 Å². The molecule has 1 aromatic heterocycles. The van der Waals surface area contributed by atoms with Crippen molar-refractivity contribution in [2.75, 3.05) is 29.9 Å². The predicted octanol–water partition coefficient (Wildman–Crippen LogP) is 4.06. The van der Waals surface area contributed by atoms with Crippen LogP contribution in [-0.2, 0) is 4.79 Å². The maximum Gasteiger partial charge on any atom is 0.319 e. The average Bonchev–Trinajstić information content (AvgIpc) is 2.79. The first-order valence-corrected chi connectivity index (χ1v) is 11.2. The van der Waals surface area contributed by atoms with Crippen molar-refractivity contribution in [1.29, 1.82) is 0 Å². The van der Waals surface area contributed by atoms with Gasteiger partial charge in [-0.2, -0.15) is 0 Å². The molecule has 2 heterocycles. The van der Waals surface area contributed by atoms with E-state index in [9.17, 15) is 9.59 Å². The molecule has 3 rings (SSSR count). The molecule has 2 aromatic rings. The number of amides is 3. The minimum absolute atomic E-state index is 0.135. The molecule has 8 heteroatoms. The minimum Gasteiger partial charge on any atom is -0.371 e. The van der Waals surface area contributed by atoms with Gasteiger partial charge >= 0.3 is 6.03 Å². The van der Waals surface area contributed by atoms with Crippen molar-refractivity contribution in [2.24, 2.45) is 5.92 Å². The number of piperidine rings is 1. The zero-order valence-electron chi connectivity index (χ0n) is 17.8. The number of hydrogen-bond acceptors (Lipinski definition) is 4. The van der Waals surface area contributed by atoms with Gasteiger partial charge in [0, 0.05) is 48.4 Å². The summed E-state index contributed by atoms with van der Waals surface area (Å²) in [4.78, 5) is 31.4. The second-order valence-corrected chi connectivity index (χ2v) is 8.26. The highest BCUT2D eigenvalue weighted by Gasteiger charge is 2.23. The van der Waals surface area contributed by atoms with Crippen molar-refractivity contribution in [3.63, 3.8) is 0 Å². The van der Waals surface area contributed by atoms with E-state index in [1.807, 2.05) is 31.5 Å². The van der Waals surface area contributed by atoms with Crippen LogP contribution < -0.4 is 20.9 Å². The monoisotopic (exact) mass is 443 g/mol. The predicted molar refractivity (Wildman–Crippen MR) is 124 cm³/mol. The van der Waals surface area contributed by atoms with Crippen LogP contribution >= 0.6 is 11.6 Å². The first-order valence-electron chi connectivity index (χ1n) is 10.8. The van der Waals surface area contributed by atoms with Gasteiger partial charge < -0.3 is 20.9 Å². The van der Waals surface area contributed by atoms with Crippen molar-refractivity contribution in [2.45, 2.75) is 38.6 Å². The number of urea groups is 1. The van der Waals surface area contributed by atoms with Crippen molar-refractivity contribution < 1.29 is 9.59 Å². The fourth-order valence-electron chi connectivity index (χ4n) is 3.73. The zero-order valence-corrected chi connectivity index (χ0v) is 18.6. The average molecular weight is 444 g/mol. The molecule has 0 radical (unpaired) electrons. The molecule has 7 nitrogen and oxygen atoms in total. The SMILES string of the molecule is CCCC(NC(=O)Nc1ccc(Cl)cc1)C(=O)NCC1CCN(c2ccncc2)CC1. The van der Waals surface area contributed by atoms with Gasteiger partial charge in [-0.25, -0.2) is 4.79 Å². The van der Waals surface area contributed by atoms with Crippen molar-refractivity contribution >= 4 is 34.9 Å².